The SMILES string of the molecule is Cc1ccc(C(=O)N(CCC(N)=NO)CC(C)C)cc1O. The van der Waals surface area contributed by atoms with Crippen LogP contribution in [0.25, 0.3) is 0 Å². The number of carbonyl (C=O) groups is 1. The average Bonchev–Trinajstić information content (AvgIpc) is 2.44. The minimum absolute atomic E-state index is 0.0864. The van der Waals surface area contributed by atoms with E-state index in [-0.39, 0.29) is 17.5 Å². The van der Waals surface area contributed by atoms with Crippen molar-refractivity contribution in [1.82, 2.24) is 4.90 Å². The number of phenolic OH excluding ortho intramolecular Hbond substituents is 1. The van der Waals surface area contributed by atoms with E-state index in [4.69, 9.17) is 10.9 Å². The Labute approximate surface area is 124 Å². The lowest BCUT2D eigenvalue weighted by Gasteiger charge is -2.24. The van der Waals surface area contributed by atoms with Crippen molar-refractivity contribution in [3.63, 3.8) is 0 Å². The van der Waals surface area contributed by atoms with Gasteiger partial charge in [0.25, 0.3) is 5.91 Å². The molecule has 0 aliphatic rings. The summed E-state index contributed by atoms with van der Waals surface area (Å²) < 4.78 is 0. The lowest BCUT2D eigenvalue weighted by atomic mass is 10.1. The highest BCUT2D eigenvalue weighted by Crippen LogP contribution is 2.19. The fourth-order valence-electron chi connectivity index (χ4n) is 1.94. The van der Waals surface area contributed by atoms with Crippen LogP contribution in [0.1, 0.15) is 36.2 Å². The molecule has 21 heavy (non-hydrogen) atoms. The Morgan fingerprint density at radius 2 is 2.10 bits per heavy atom. The van der Waals surface area contributed by atoms with Crippen LogP contribution in [-0.2, 0) is 0 Å². The Bertz CT molecular complexity index is 527. The van der Waals surface area contributed by atoms with Crippen molar-refractivity contribution < 1.29 is 15.1 Å². The number of nitrogens with zero attached hydrogens (tertiary/aromatic N) is 2. The third-order valence-electron chi connectivity index (χ3n) is 3.10. The molecule has 0 radical (unpaired) electrons. The van der Waals surface area contributed by atoms with E-state index in [2.05, 4.69) is 5.16 Å². The quantitative estimate of drug-likeness (QED) is 0.323. The molecule has 1 aromatic rings. The van der Waals surface area contributed by atoms with Gasteiger partial charge >= 0.3 is 0 Å². The first-order valence-electron chi connectivity index (χ1n) is 6.90. The van der Waals surface area contributed by atoms with Crippen molar-refractivity contribution in [2.75, 3.05) is 13.1 Å². The summed E-state index contributed by atoms with van der Waals surface area (Å²) in [6.45, 7) is 6.72. The van der Waals surface area contributed by atoms with E-state index < -0.39 is 0 Å². The highest BCUT2D eigenvalue weighted by atomic mass is 16.4. The lowest BCUT2D eigenvalue weighted by Crippen LogP contribution is -2.36. The zero-order valence-corrected chi connectivity index (χ0v) is 12.7. The zero-order chi connectivity index (χ0) is 16.0. The van der Waals surface area contributed by atoms with Crippen LogP contribution >= 0.6 is 0 Å². The third-order valence-corrected chi connectivity index (χ3v) is 3.10. The predicted molar refractivity (Wildman–Crippen MR) is 81.6 cm³/mol. The number of hydrogen-bond acceptors (Lipinski definition) is 4. The van der Waals surface area contributed by atoms with E-state index in [0.29, 0.717) is 31.0 Å². The second-order valence-corrected chi connectivity index (χ2v) is 5.49. The number of nitrogens with two attached hydrogens (primary N) is 1. The first-order valence-corrected chi connectivity index (χ1v) is 6.90. The van der Waals surface area contributed by atoms with Crippen molar-refractivity contribution in [2.45, 2.75) is 27.2 Å². The van der Waals surface area contributed by atoms with E-state index in [0.717, 1.165) is 5.56 Å². The van der Waals surface area contributed by atoms with Crippen LogP contribution in [0.15, 0.2) is 23.4 Å². The molecule has 0 spiro atoms. The van der Waals surface area contributed by atoms with Gasteiger partial charge in [-0.1, -0.05) is 25.1 Å². The highest BCUT2D eigenvalue weighted by molar-refractivity contribution is 5.95. The van der Waals surface area contributed by atoms with Crippen LogP contribution in [0, 0.1) is 12.8 Å². The van der Waals surface area contributed by atoms with Crippen LogP contribution in [-0.4, -0.2) is 40.0 Å². The smallest absolute Gasteiger partial charge is 0.254 e. The number of hydrogen-bond donors (Lipinski definition) is 3. The maximum absolute atomic E-state index is 12.5. The summed E-state index contributed by atoms with van der Waals surface area (Å²) >= 11 is 0. The van der Waals surface area contributed by atoms with E-state index in [9.17, 15) is 9.90 Å². The van der Waals surface area contributed by atoms with Gasteiger partial charge in [-0.3, -0.25) is 4.79 Å². The summed E-state index contributed by atoms with van der Waals surface area (Å²) in [4.78, 5) is 14.2. The summed E-state index contributed by atoms with van der Waals surface area (Å²) in [6, 6.07) is 4.86. The maximum Gasteiger partial charge on any atom is 0.254 e. The number of benzene rings is 1. The second kappa shape index (κ2) is 7.52. The number of amides is 1. The fourth-order valence-corrected chi connectivity index (χ4v) is 1.94. The number of rotatable bonds is 6. The minimum Gasteiger partial charge on any atom is -0.508 e. The Morgan fingerprint density at radius 1 is 1.43 bits per heavy atom. The van der Waals surface area contributed by atoms with Gasteiger partial charge in [-0.15, -0.1) is 0 Å². The standard InChI is InChI=1S/C15H23N3O3/c1-10(2)9-18(7-6-14(16)17-21)15(20)12-5-4-11(3)13(19)8-12/h4-5,8,10,19,21H,6-7,9H2,1-3H3,(H2,16,17). The molecule has 0 saturated carbocycles. The van der Waals surface area contributed by atoms with Gasteiger partial charge in [0, 0.05) is 25.1 Å². The number of aryl methyl sites for hydroxylation is 1. The van der Waals surface area contributed by atoms with Crippen molar-refractivity contribution in [3.05, 3.63) is 29.3 Å². The molecule has 4 N–H and O–H groups in total. The third kappa shape index (κ3) is 4.98. The number of phenols is 1. The summed E-state index contributed by atoms with van der Waals surface area (Å²) in [5.74, 6) is 0.301. The topological polar surface area (TPSA) is 99.2 Å². The van der Waals surface area contributed by atoms with Gasteiger partial charge in [0.05, 0.1) is 0 Å². The summed E-state index contributed by atoms with van der Waals surface area (Å²) in [5, 5.41) is 21.2. The summed E-state index contributed by atoms with van der Waals surface area (Å²) in [6.07, 6.45) is 0.298. The molecule has 0 aromatic heterocycles. The van der Waals surface area contributed by atoms with Crippen molar-refractivity contribution in [3.8, 4) is 5.75 Å². The fraction of sp³-hybridized carbons (Fsp3) is 0.467. The molecule has 0 heterocycles. The maximum atomic E-state index is 12.5. The number of aromatic hydroxyl groups is 1. The van der Waals surface area contributed by atoms with Crippen LogP contribution in [0.3, 0.4) is 0 Å². The van der Waals surface area contributed by atoms with E-state index in [1.807, 2.05) is 13.8 Å². The molecule has 116 valence electrons. The molecule has 6 nitrogen and oxygen atoms in total. The molecule has 0 aliphatic heterocycles. The lowest BCUT2D eigenvalue weighted by molar-refractivity contribution is 0.0740. The molecule has 0 bridgehead atoms. The minimum atomic E-state index is -0.176. The Morgan fingerprint density at radius 3 is 2.62 bits per heavy atom. The summed E-state index contributed by atoms with van der Waals surface area (Å²) in [5.41, 5.74) is 6.61. The van der Waals surface area contributed by atoms with Crippen LogP contribution in [0.4, 0.5) is 0 Å². The van der Waals surface area contributed by atoms with Crippen LogP contribution < -0.4 is 5.73 Å². The normalized spacial score (nSPS) is 11.7. The predicted octanol–water partition coefficient (Wildman–Crippen LogP) is 1.94. The molecule has 1 rings (SSSR count). The molecule has 1 amide bonds. The molecule has 0 saturated heterocycles. The van der Waals surface area contributed by atoms with Gasteiger partial charge in [-0.2, -0.15) is 0 Å². The molecule has 0 unspecified atom stereocenters. The van der Waals surface area contributed by atoms with Gasteiger partial charge in [0.1, 0.15) is 11.6 Å². The molecular weight excluding hydrogens is 270 g/mol. The van der Waals surface area contributed by atoms with E-state index >= 15 is 0 Å². The average molecular weight is 293 g/mol. The largest absolute Gasteiger partial charge is 0.508 e. The van der Waals surface area contributed by atoms with Crippen LogP contribution in [0.5, 0.6) is 5.75 Å². The molecule has 0 fully saturated rings. The Balaban J connectivity index is 2.90. The second-order valence-electron chi connectivity index (χ2n) is 5.49. The Kier molecular flexibility index (Phi) is 6.02. The summed E-state index contributed by atoms with van der Waals surface area (Å²) in [7, 11) is 0. The highest BCUT2D eigenvalue weighted by Gasteiger charge is 2.18. The Hall–Kier alpha value is -2.24. The molecule has 1 aromatic carbocycles. The van der Waals surface area contributed by atoms with Gasteiger partial charge < -0.3 is 20.9 Å². The number of carbonyl (C=O) groups excluding carboxylic acids is 1. The molecule has 0 aliphatic carbocycles. The van der Waals surface area contributed by atoms with Crippen molar-refractivity contribution in [2.24, 2.45) is 16.8 Å². The van der Waals surface area contributed by atoms with Crippen LogP contribution in [0.2, 0.25) is 0 Å². The van der Waals surface area contributed by atoms with Gasteiger partial charge in [0.15, 0.2) is 0 Å². The van der Waals surface area contributed by atoms with Crippen molar-refractivity contribution >= 4 is 11.7 Å². The molecule has 6 heteroatoms. The van der Waals surface area contributed by atoms with E-state index in [1.54, 1.807) is 24.0 Å². The van der Waals surface area contributed by atoms with Crippen molar-refractivity contribution in [1.29, 1.82) is 0 Å². The number of amidine groups is 1. The molecule has 0 atom stereocenters. The first kappa shape index (κ1) is 16.8. The first-order chi connectivity index (χ1) is 9.85. The monoisotopic (exact) mass is 293 g/mol. The van der Waals surface area contributed by atoms with Gasteiger partial charge in [-0.25, -0.2) is 0 Å². The molecular formula is C15H23N3O3. The van der Waals surface area contributed by atoms with Gasteiger partial charge in [-0.05, 0) is 30.5 Å². The number of oxime groups is 1. The van der Waals surface area contributed by atoms with E-state index in [1.165, 1.54) is 6.07 Å². The van der Waals surface area contributed by atoms with Gasteiger partial charge in [0.2, 0.25) is 0 Å². The zero-order valence-electron chi connectivity index (χ0n) is 12.7.